The van der Waals surface area contributed by atoms with Crippen LogP contribution in [0.4, 0.5) is 5.69 Å². The fourth-order valence-corrected chi connectivity index (χ4v) is 1.74. The molecule has 102 valence electrons. The summed E-state index contributed by atoms with van der Waals surface area (Å²) in [5, 5.41) is 6.24. The normalized spacial score (nSPS) is 10.4. The molecule has 4 nitrogen and oxygen atoms in total. The molecule has 0 aliphatic carbocycles. The maximum atomic E-state index is 11.6. The Kier molecular flexibility index (Phi) is 4.92. The van der Waals surface area contributed by atoms with Crippen LogP contribution < -0.4 is 10.6 Å². The van der Waals surface area contributed by atoms with Crippen molar-refractivity contribution in [1.29, 1.82) is 0 Å². The van der Waals surface area contributed by atoms with Crippen molar-refractivity contribution in [1.82, 2.24) is 5.32 Å². The summed E-state index contributed by atoms with van der Waals surface area (Å²) in [6, 6.07) is 10.5. The Morgan fingerprint density at radius 3 is 2.65 bits per heavy atom. The van der Waals surface area contributed by atoms with Gasteiger partial charge in [-0.25, -0.2) is 0 Å². The van der Waals surface area contributed by atoms with Gasteiger partial charge in [-0.1, -0.05) is 11.6 Å². The van der Waals surface area contributed by atoms with Crippen molar-refractivity contribution >= 4 is 46.6 Å². The lowest BCUT2D eigenvalue weighted by atomic mass is 10.3. The highest BCUT2D eigenvalue weighted by atomic mass is 35.5. The first-order chi connectivity index (χ1) is 9.63. The van der Waals surface area contributed by atoms with Crippen molar-refractivity contribution in [3.63, 3.8) is 0 Å². The third-order valence-electron chi connectivity index (χ3n) is 2.28. The van der Waals surface area contributed by atoms with Gasteiger partial charge >= 0.3 is 0 Å². The van der Waals surface area contributed by atoms with Gasteiger partial charge in [-0.05, 0) is 54.7 Å². The smallest absolute Gasteiger partial charge is 0.250 e. The van der Waals surface area contributed by atoms with Crippen LogP contribution in [0.3, 0.4) is 0 Å². The number of carbonyl (C=O) groups excluding carboxylic acids is 1. The lowest BCUT2D eigenvalue weighted by Crippen LogP contribution is -2.32. The summed E-state index contributed by atoms with van der Waals surface area (Å²) in [7, 11) is 0. The first-order valence-corrected chi connectivity index (χ1v) is 6.51. The van der Waals surface area contributed by atoms with Gasteiger partial charge in [-0.3, -0.25) is 10.1 Å². The van der Waals surface area contributed by atoms with E-state index in [1.54, 1.807) is 42.5 Å². The van der Waals surface area contributed by atoms with Crippen LogP contribution in [0.2, 0.25) is 5.02 Å². The van der Waals surface area contributed by atoms with Crippen LogP contribution in [0, 0.1) is 0 Å². The van der Waals surface area contributed by atoms with Crippen LogP contribution in [0.25, 0.3) is 6.08 Å². The molecule has 0 spiro atoms. The van der Waals surface area contributed by atoms with Crippen LogP contribution >= 0.6 is 23.8 Å². The number of anilines is 1. The van der Waals surface area contributed by atoms with Crippen LogP contribution in [0.5, 0.6) is 0 Å². The number of hydrogen-bond donors (Lipinski definition) is 2. The zero-order chi connectivity index (χ0) is 14.4. The van der Waals surface area contributed by atoms with Crippen LogP contribution in [0.15, 0.2) is 53.2 Å². The molecule has 20 heavy (non-hydrogen) atoms. The molecule has 6 heteroatoms. The van der Waals surface area contributed by atoms with Gasteiger partial charge in [0.2, 0.25) is 5.91 Å². The summed E-state index contributed by atoms with van der Waals surface area (Å²) >= 11 is 10.8. The van der Waals surface area contributed by atoms with Gasteiger partial charge in [0.05, 0.1) is 6.26 Å². The van der Waals surface area contributed by atoms with Crippen molar-refractivity contribution in [3.8, 4) is 0 Å². The van der Waals surface area contributed by atoms with E-state index in [1.807, 2.05) is 0 Å². The molecule has 0 saturated carbocycles. The number of nitrogens with one attached hydrogen (secondary N) is 2. The Hall–Kier alpha value is -2.11. The van der Waals surface area contributed by atoms with E-state index in [4.69, 9.17) is 28.2 Å². The van der Waals surface area contributed by atoms with Gasteiger partial charge in [0.25, 0.3) is 0 Å². The first kappa shape index (κ1) is 14.3. The van der Waals surface area contributed by atoms with E-state index in [0.717, 1.165) is 5.69 Å². The molecule has 2 N–H and O–H groups in total. The van der Waals surface area contributed by atoms with E-state index in [1.165, 1.54) is 12.3 Å². The van der Waals surface area contributed by atoms with Gasteiger partial charge < -0.3 is 9.73 Å². The minimum Gasteiger partial charge on any atom is -0.465 e. The Labute approximate surface area is 126 Å². The number of thiocarbonyl (C=S) groups is 1. The standard InChI is InChI=1S/C14H11ClN2O2S/c15-10-3-5-11(6-4-10)16-14(20)17-13(18)8-7-12-2-1-9-19-12/h1-9H,(H2,16,17,18,20). The second kappa shape index (κ2) is 6.88. The molecule has 0 bridgehead atoms. The van der Waals surface area contributed by atoms with E-state index in [2.05, 4.69) is 10.6 Å². The quantitative estimate of drug-likeness (QED) is 0.673. The third-order valence-corrected chi connectivity index (χ3v) is 2.74. The van der Waals surface area contributed by atoms with E-state index in [9.17, 15) is 4.79 Å². The minimum absolute atomic E-state index is 0.210. The second-order valence-corrected chi connectivity index (χ2v) is 4.64. The Bertz CT molecular complexity index is 621. The van der Waals surface area contributed by atoms with Crippen molar-refractivity contribution in [2.75, 3.05) is 5.32 Å². The topological polar surface area (TPSA) is 54.3 Å². The predicted octanol–water partition coefficient (Wildman–Crippen LogP) is 3.46. The highest BCUT2D eigenvalue weighted by Gasteiger charge is 2.01. The van der Waals surface area contributed by atoms with Gasteiger partial charge in [0, 0.05) is 16.8 Å². The van der Waals surface area contributed by atoms with E-state index in [-0.39, 0.29) is 11.0 Å². The number of rotatable bonds is 3. The zero-order valence-electron chi connectivity index (χ0n) is 10.3. The molecule has 0 saturated heterocycles. The molecule has 0 aliphatic heterocycles. The number of amides is 1. The average Bonchev–Trinajstić information content (AvgIpc) is 2.92. The Morgan fingerprint density at radius 2 is 2.00 bits per heavy atom. The number of halogens is 1. The van der Waals surface area contributed by atoms with Crippen molar-refractivity contribution in [2.24, 2.45) is 0 Å². The summed E-state index contributed by atoms with van der Waals surface area (Å²) in [5.74, 6) is 0.254. The van der Waals surface area contributed by atoms with Gasteiger partial charge in [-0.2, -0.15) is 0 Å². The largest absolute Gasteiger partial charge is 0.465 e. The maximum absolute atomic E-state index is 11.6. The molecule has 0 unspecified atom stereocenters. The molecule has 0 radical (unpaired) electrons. The van der Waals surface area contributed by atoms with Gasteiger partial charge in [-0.15, -0.1) is 0 Å². The van der Waals surface area contributed by atoms with Crippen molar-refractivity contribution in [3.05, 3.63) is 59.5 Å². The first-order valence-electron chi connectivity index (χ1n) is 5.72. The summed E-state index contributed by atoms with van der Waals surface area (Å²) in [6.07, 6.45) is 4.43. The molecule has 0 atom stereocenters. The highest BCUT2D eigenvalue weighted by Crippen LogP contribution is 2.13. The van der Waals surface area contributed by atoms with Gasteiger partial charge in [0.15, 0.2) is 5.11 Å². The van der Waals surface area contributed by atoms with Crippen molar-refractivity contribution < 1.29 is 9.21 Å². The molecule has 1 amide bonds. The molecular weight excluding hydrogens is 296 g/mol. The third kappa shape index (κ3) is 4.53. The predicted molar refractivity (Wildman–Crippen MR) is 83.6 cm³/mol. The lowest BCUT2D eigenvalue weighted by molar-refractivity contribution is -0.115. The van der Waals surface area contributed by atoms with Crippen molar-refractivity contribution in [2.45, 2.75) is 0 Å². The molecule has 2 aromatic rings. The number of hydrogen-bond acceptors (Lipinski definition) is 3. The Balaban J connectivity index is 1.85. The minimum atomic E-state index is -0.340. The SMILES string of the molecule is O=C(C=Cc1ccco1)NC(=S)Nc1ccc(Cl)cc1. The van der Waals surface area contributed by atoms with Crippen LogP contribution in [0.1, 0.15) is 5.76 Å². The fourth-order valence-electron chi connectivity index (χ4n) is 1.39. The summed E-state index contributed by atoms with van der Waals surface area (Å²) in [4.78, 5) is 11.6. The monoisotopic (exact) mass is 306 g/mol. The summed E-state index contributed by atoms with van der Waals surface area (Å²) in [5.41, 5.74) is 0.745. The molecular formula is C14H11ClN2O2S. The summed E-state index contributed by atoms with van der Waals surface area (Å²) in [6.45, 7) is 0. The molecule has 1 aromatic heterocycles. The van der Waals surface area contributed by atoms with E-state index >= 15 is 0 Å². The van der Waals surface area contributed by atoms with E-state index < -0.39 is 0 Å². The number of benzene rings is 1. The molecule has 1 heterocycles. The zero-order valence-corrected chi connectivity index (χ0v) is 11.9. The molecule has 2 rings (SSSR count). The lowest BCUT2D eigenvalue weighted by Gasteiger charge is -2.07. The second-order valence-electron chi connectivity index (χ2n) is 3.80. The number of furan rings is 1. The molecule has 0 aliphatic rings. The summed E-state index contributed by atoms with van der Waals surface area (Å²) < 4.78 is 5.07. The average molecular weight is 307 g/mol. The fraction of sp³-hybridized carbons (Fsp3) is 0. The van der Waals surface area contributed by atoms with E-state index in [0.29, 0.717) is 10.8 Å². The Morgan fingerprint density at radius 1 is 1.25 bits per heavy atom. The highest BCUT2D eigenvalue weighted by molar-refractivity contribution is 7.80. The molecule has 1 aromatic carbocycles. The maximum Gasteiger partial charge on any atom is 0.250 e. The van der Waals surface area contributed by atoms with Crippen LogP contribution in [-0.4, -0.2) is 11.0 Å². The number of carbonyl (C=O) groups is 1. The van der Waals surface area contributed by atoms with Gasteiger partial charge in [0.1, 0.15) is 5.76 Å². The molecule has 0 fully saturated rings. The van der Waals surface area contributed by atoms with Crippen LogP contribution in [-0.2, 0) is 4.79 Å².